The van der Waals surface area contributed by atoms with Crippen molar-refractivity contribution in [2.24, 2.45) is 5.73 Å². The van der Waals surface area contributed by atoms with Crippen LogP contribution in [0.5, 0.6) is 0 Å². The van der Waals surface area contributed by atoms with Gasteiger partial charge in [0.15, 0.2) is 0 Å². The molecule has 0 spiro atoms. The van der Waals surface area contributed by atoms with Crippen LogP contribution >= 0.6 is 0 Å². The van der Waals surface area contributed by atoms with Crippen molar-refractivity contribution in [1.29, 1.82) is 0 Å². The molecular formula is C11H12N2O2. The van der Waals surface area contributed by atoms with Gasteiger partial charge in [-0.05, 0) is 11.6 Å². The molecule has 1 atom stereocenters. The SMILES string of the molecule is CC(=O)N1c2ccccc2CC1C(N)=O. The molecule has 1 aliphatic rings. The maximum atomic E-state index is 11.4. The average molecular weight is 204 g/mol. The second-order valence-electron chi connectivity index (χ2n) is 3.64. The monoisotopic (exact) mass is 204 g/mol. The number of primary amides is 1. The lowest BCUT2D eigenvalue weighted by atomic mass is 10.1. The van der Waals surface area contributed by atoms with Crippen molar-refractivity contribution < 1.29 is 9.59 Å². The Balaban J connectivity index is 2.46. The van der Waals surface area contributed by atoms with Gasteiger partial charge in [-0.1, -0.05) is 18.2 Å². The van der Waals surface area contributed by atoms with Crippen LogP contribution in [0.15, 0.2) is 24.3 Å². The first-order valence-corrected chi connectivity index (χ1v) is 4.78. The number of para-hydroxylation sites is 1. The summed E-state index contributed by atoms with van der Waals surface area (Å²) in [6.45, 7) is 1.44. The fraction of sp³-hybridized carbons (Fsp3) is 0.273. The summed E-state index contributed by atoms with van der Waals surface area (Å²) in [6, 6.07) is 6.95. The number of carbonyl (C=O) groups excluding carboxylic acids is 2. The van der Waals surface area contributed by atoms with Gasteiger partial charge in [0.05, 0.1) is 0 Å². The number of anilines is 1. The van der Waals surface area contributed by atoms with Gasteiger partial charge in [-0.2, -0.15) is 0 Å². The lowest BCUT2D eigenvalue weighted by Gasteiger charge is -2.21. The van der Waals surface area contributed by atoms with Crippen molar-refractivity contribution in [3.8, 4) is 0 Å². The van der Waals surface area contributed by atoms with Crippen LogP contribution in [-0.2, 0) is 16.0 Å². The second kappa shape index (κ2) is 3.38. The highest BCUT2D eigenvalue weighted by Gasteiger charge is 2.35. The van der Waals surface area contributed by atoms with E-state index in [1.54, 1.807) is 0 Å². The number of amides is 2. The first-order chi connectivity index (χ1) is 7.11. The molecule has 1 aliphatic heterocycles. The topological polar surface area (TPSA) is 63.4 Å². The van der Waals surface area contributed by atoms with Gasteiger partial charge in [-0.3, -0.25) is 14.5 Å². The van der Waals surface area contributed by atoms with Crippen LogP contribution in [0.4, 0.5) is 5.69 Å². The molecule has 2 amide bonds. The summed E-state index contributed by atoms with van der Waals surface area (Å²) >= 11 is 0. The summed E-state index contributed by atoms with van der Waals surface area (Å²) in [6.07, 6.45) is 0.519. The standard InChI is InChI=1S/C11H12N2O2/c1-7(14)13-9-5-3-2-4-8(9)6-10(13)11(12)15/h2-5,10H,6H2,1H3,(H2,12,15). The molecule has 2 rings (SSSR count). The maximum Gasteiger partial charge on any atom is 0.240 e. The number of benzene rings is 1. The van der Waals surface area contributed by atoms with Crippen molar-refractivity contribution in [3.63, 3.8) is 0 Å². The zero-order valence-corrected chi connectivity index (χ0v) is 8.43. The van der Waals surface area contributed by atoms with Gasteiger partial charge in [-0.25, -0.2) is 0 Å². The lowest BCUT2D eigenvalue weighted by molar-refractivity contribution is -0.123. The van der Waals surface area contributed by atoms with Crippen LogP contribution in [0.3, 0.4) is 0 Å². The highest BCUT2D eigenvalue weighted by molar-refractivity contribution is 6.02. The van der Waals surface area contributed by atoms with Crippen molar-refractivity contribution in [3.05, 3.63) is 29.8 Å². The Morgan fingerprint density at radius 1 is 1.40 bits per heavy atom. The number of nitrogens with zero attached hydrogens (tertiary/aromatic N) is 1. The molecule has 1 heterocycles. The fourth-order valence-electron chi connectivity index (χ4n) is 2.00. The minimum Gasteiger partial charge on any atom is -0.368 e. The van der Waals surface area contributed by atoms with E-state index in [1.165, 1.54) is 11.8 Å². The maximum absolute atomic E-state index is 11.4. The minimum absolute atomic E-state index is 0.149. The first-order valence-electron chi connectivity index (χ1n) is 4.78. The van der Waals surface area contributed by atoms with E-state index in [2.05, 4.69) is 0 Å². The third-order valence-corrected chi connectivity index (χ3v) is 2.64. The largest absolute Gasteiger partial charge is 0.368 e. The predicted octanol–water partition coefficient (Wildman–Crippen LogP) is 0.450. The van der Waals surface area contributed by atoms with Gasteiger partial charge in [-0.15, -0.1) is 0 Å². The molecule has 4 heteroatoms. The first kappa shape index (κ1) is 9.71. The summed E-state index contributed by atoms with van der Waals surface area (Å²) < 4.78 is 0. The number of fused-ring (bicyclic) bond motifs is 1. The molecule has 0 aromatic heterocycles. The molecule has 0 aliphatic carbocycles. The molecule has 0 saturated heterocycles. The molecule has 15 heavy (non-hydrogen) atoms. The Morgan fingerprint density at radius 3 is 2.67 bits per heavy atom. The molecule has 0 fully saturated rings. The summed E-state index contributed by atoms with van der Waals surface area (Å²) in [4.78, 5) is 24.1. The Labute approximate surface area is 87.7 Å². The normalized spacial score (nSPS) is 18.7. The Bertz CT molecular complexity index is 428. The van der Waals surface area contributed by atoms with Crippen molar-refractivity contribution in [2.75, 3.05) is 4.90 Å². The van der Waals surface area contributed by atoms with Crippen molar-refractivity contribution in [2.45, 2.75) is 19.4 Å². The van der Waals surface area contributed by atoms with Crippen LogP contribution in [0.2, 0.25) is 0 Å². The summed E-state index contributed by atoms with van der Waals surface area (Å²) in [7, 11) is 0. The molecule has 0 bridgehead atoms. The van der Waals surface area contributed by atoms with E-state index in [4.69, 9.17) is 5.73 Å². The van der Waals surface area contributed by atoms with E-state index in [0.29, 0.717) is 6.42 Å². The molecular weight excluding hydrogens is 192 g/mol. The van der Waals surface area contributed by atoms with E-state index in [9.17, 15) is 9.59 Å². The summed E-state index contributed by atoms with van der Waals surface area (Å²) in [5.41, 5.74) is 7.07. The minimum atomic E-state index is -0.528. The van der Waals surface area contributed by atoms with Crippen molar-refractivity contribution in [1.82, 2.24) is 0 Å². The molecule has 0 saturated carbocycles. The summed E-state index contributed by atoms with van der Waals surface area (Å²) in [5, 5.41) is 0. The van der Waals surface area contributed by atoms with Gasteiger partial charge >= 0.3 is 0 Å². The second-order valence-corrected chi connectivity index (χ2v) is 3.64. The van der Waals surface area contributed by atoms with Crippen LogP contribution in [0, 0.1) is 0 Å². The smallest absolute Gasteiger partial charge is 0.240 e. The van der Waals surface area contributed by atoms with E-state index in [0.717, 1.165) is 11.3 Å². The van der Waals surface area contributed by atoms with Crippen LogP contribution in [0.1, 0.15) is 12.5 Å². The molecule has 4 nitrogen and oxygen atoms in total. The zero-order chi connectivity index (χ0) is 11.0. The molecule has 0 radical (unpaired) electrons. The van der Waals surface area contributed by atoms with Crippen LogP contribution < -0.4 is 10.6 Å². The van der Waals surface area contributed by atoms with Crippen molar-refractivity contribution >= 4 is 17.5 Å². The highest BCUT2D eigenvalue weighted by Crippen LogP contribution is 2.31. The summed E-state index contributed by atoms with van der Waals surface area (Å²) in [5.74, 6) is -0.606. The Morgan fingerprint density at radius 2 is 2.07 bits per heavy atom. The van der Waals surface area contributed by atoms with E-state index >= 15 is 0 Å². The van der Waals surface area contributed by atoms with Gasteiger partial charge in [0.25, 0.3) is 0 Å². The van der Waals surface area contributed by atoms with Gasteiger partial charge in [0.2, 0.25) is 11.8 Å². The van der Waals surface area contributed by atoms with E-state index < -0.39 is 11.9 Å². The van der Waals surface area contributed by atoms with E-state index in [1.807, 2.05) is 24.3 Å². The number of hydrogen-bond donors (Lipinski definition) is 1. The Kier molecular flexibility index (Phi) is 2.19. The Hall–Kier alpha value is -1.84. The molecule has 2 N–H and O–H groups in total. The molecule has 1 aromatic rings. The van der Waals surface area contributed by atoms with E-state index in [-0.39, 0.29) is 5.91 Å². The highest BCUT2D eigenvalue weighted by atomic mass is 16.2. The van der Waals surface area contributed by atoms with Gasteiger partial charge in [0, 0.05) is 19.0 Å². The fourth-order valence-corrected chi connectivity index (χ4v) is 2.00. The third-order valence-electron chi connectivity index (χ3n) is 2.64. The lowest BCUT2D eigenvalue weighted by Crippen LogP contribution is -2.45. The van der Waals surface area contributed by atoms with Crippen LogP contribution in [-0.4, -0.2) is 17.9 Å². The number of nitrogens with two attached hydrogens (primary N) is 1. The van der Waals surface area contributed by atoms with Crippen LogP contribution in [0.25, 0.3) is 0 Å². The predicted molar refractivity (Wildman–Crippen MR) is 56.3 cm³/mol. The average Bonchev–Trinajstić information content (AvgIpc) is 2.56. The number of rotatable bonds is 1. The van der Waals surface area contributed by atoms with Gasteiger partial charge < -0.3 is 5.73 Å². The quantitative estimate of drug-likeness (QED) is 0.721. The molecule has 1 aromatic carbocycles. The molecule has 78 valence electrons. The zero-order valence-electron chi connectivity index (χ0n) is 8.43. The van der Waals surface area contributed by atoms with Gasteiger partial charge in [0.1, 0.15) is 6.04 Å². The molecule has 1 unspecified atom stereocenters. The number of carbonyl (C=O) groups is 2. The number of hydrogen-bond acceptors (Lipinski definition) is 2. The third kappa shape index (κ3) is 1.48.